The van der Waals surface area contributed by atoms with Crippen molar-refractivity contribution in [2.45, 2.75) is 19.4 Å². The van der Waals surface area contributed by atoms with Crippen molar-refractivity contribution < 1.29 is 9.59 Å². The van der Waals surface area contributed by atoms with Crippen LogP contribution in [0.15, 0.2) is 72.4 Å². The summed E-state index contributed by atoms with van der Waals surface area (Å²) >= 11 is 1.41. The third-order valence-corrected chi connectivity index (χ3v) is 6.21. The fourth-order valence-electron chi connectivity index (χ4n) is 3.70. The molecule has 0 radical (unpaired) electrons. The Morgan fingerprint density at radius 1 is 1.12 bits per heavy atom. The molecule has 160 valence electrons. The van der Waals surface area contributed by atoms with Gasteiger partial charge in [0.25, 0.3) is 5.91 Å². The molecule has 5 rings (SSSR count). The maximum absolute atomic E-state index is 12.7. The first-order valence-electron chi connectivity index (χ1n) is 10.4. The molecule has 0 aliphatic carbocycles. The minimum absolute atomic E-state index is 0.185. The van der Waals surface area contributed by atoms with Crippen LogP contribution in [-0.4, -0.2) is 38.0 Å². The summed E-state index contributed by atoms with van der Waals surface area (Å²) in [7, 11) is 0. The van der Waals surface area contributed by atoms with Gasteiger partial charge in [0.05, 0.1) is 11.9 Å². The van der Waals surface area contributed by atoms with E-state index < -0.39 is 0 Å². The Morgan fingerprint density at radius 3 is 2.81 bits per heavy atom. The van der Waals surface area contributed by atoms with Crippen molar-refractivity contribution in [1.29, 1.82) is 0 Å². The summed E-state index contributed by atoms with van der Waals surface area (Å²) in [4.78, 5) is 31.0. The molecule has 7 nitrogen and oxygen atoms in total. The second kappa shape index (κ2) is 8.76. The normalized spacial score (nSPS) is 13.5. The number of likely N-dealkylation sites (tertiary alicyclic amines) is 1. The molecule has 2 aromatic carbocycles. The van der Waals surface area contributed by atoms with Crippen molar-refractivity contribution in [3.05, 3.63) is 83.6 Å². The van der Waals surface area contributed by atoms with Gasteiger partial charge in [-0.1, -0.05) is 30.3 Å². The molecule has 0 saturated carbocycles. The smallest absolute Gasteiger partial charge is 0.275 e. The largest absolute Gasteiger partial charge is 0.338 e. The lowest BCUT2D eigenvalue weighted by atomic mass is 10.2. The number of aromatic nitrogens is 3. The molecule has 1 fully saturated rings. The van der Waals surface area contributed by atoms with Gasteiger partial charge >= 0.3 is 0 Å². The second-order valence-corrected chi connectivity index (χ2v) is 8.48. The number of rotatable bonds is 6. The lowest BCUT2D eigenvalue weighted by molar-refractivity contribution is -0.128. The number of para-hydroxylation sites is 1. The van der Waals surface area contributed by atoms with Crippen LogP contribution in [0.2, 0.25) is 0 Å². The van der Waals surface area contributed by atoms with Crippen LogP contribution in [0.5, 0.6) is 0 Å². The highest BCUT2D eigenvalue weighted by Crippen LogP contribution is 2.25. The highest BCUT2D eigenvalue weighted by Gasteiger charge is 2.20. The molecular weight excluding hydrogens is 422 g/mol. The summed E-state index contributed by atoms with van der Waals surface area (Å²) in [5.41, 5.74) is 3.85. The summed E-state index contributed by atoms with van der Waals surface area (Å²) in [5, 5.41) is 9.79. The molecule has 1 aliphatic heterocycles. The zero-order valence-corrected chi connectivity index (χ0v) is 18.1. The van der Waals surface area contributed by atoms with E-state index in [1.165, 1.54) is 11.3 Å². The Morgan fingerprint density at radius 2 is 2.00 bits per heavy atom. The van der Waals surface area contributed by atoms with Gasteiger partial charge in [-0.3, -0.25) is 9.59 Å². The van der Waals surface area contributed by atoms with Crippen LogP contribution in [0.3, 0.4) is 0 Å². The van der Waals surface area contributed by atoms with Crippen LogP contribution in [0.25, 0.3) is 16.3 Å². The van der Waals surface area contributed by atoms with E-state index in [2.05, 4.69) is 15.4 Å². The number of amides is 2. The molecule has 0 unspecified atom stereocenters. The van der Waals surface area contributed by atoms with E-state index in [4.69, 9.17) is 0 Å². The Labute approximate surface area is 189 Å². The lowest BCUT2D eigenvalue weighted by Gasteiger charge is -2.16. The number of anilines is 1. The first-order valence-corrected chi connectivity index (χ1v) is 11.3. The number of thiazole rings is 1. The van der Waals surface area contributed by atoms with E-state index in [-0.39, 0.29) is 11.8 Å². The standard InChI is InChI=1S/C24H21N5O2S/c30-22-10-5-11-28(22)14-17-6-4-7-19(12-17)26-23(31)21-16-32-24(27-21)18-13-25-29(15-18)20-8-2-1-3-9-20/h1-4,6-9,12-13,15-16H,5,10-11,14H2,(H,26,31). The van der Waals surface area contributed by atoms with E-state index in [9.17, 15) is 9.59 Å². The summed E-state index contributed by atoms with van der Waals surface area (Å²) in [6.45, 7) is 1.35. The SMILES string of the molecule is O=C(Nc1cccc(CN2CCCC2=O)c1)c1csc(-c2cnn(-c3ccccc3)c2)n1. The monoisotopic (exact) mass is 443 g/mol. The van der Waals surface area contributed by atoms with Crippen molar-refractivity contribution in [2.24, 2.45) is 0 Å². The van der Waals surface area contributed by atoms with Crippen LogP contribution < -0.4 is 5.32 Å². The van der Waals surface area contributed by atoms with Gasteiger partial charge < -0.3 is 10.2 Å². The fourth-order valence-corrected chi connectivity index (χ4v) is 4.48. The maximum Gasteiger partial charge on any atom is 0.275 e. The van der Waals surface area contributed by atoms with Crippen molar-refractivity contribution in [2.75, 3.05) is 11.9 Å². The van der Waals surface area contributed by atoms with Crippen molar-refractivity contribution >= 4 is 28.8 Å². The summed E-state index contributed by atoms with van der Waals surface area (Å²) in [6, 6.07) is 17.4. The maximum atomic E-state index is 12.7. The summed E-state index contributed by atoms with van der Waals surface area (Å²) in [5.74, 6) is -0.0811. The molecule has 1 aliphatic rings. The Hall–Kier alpha value is -3.78. The van der Waals surface area contributed by atoms with Crippen LogP contribution >= 0.6 is 11.3 Å². The zero-order chi connectivity index (χ0) is 21.9. The average molecular weight is 444 g/mol. The van der Waals surface area contributed by atoms with Gasteiger partial charge in [0.1, 0.15) is 10.7 Å². The minimum atomic E-state index is -0.266. The van der Waals surface area contributed by atoms with E-state index in [0.29, 0.717) is 24.3 Å². The Kier molecular flexibility index (Phi) is 5.51. The fraction of sp³-hybridized carbons (Fsp3) is 0.167. The van der Waals surface area contributed by atoms with Gasteiger partial charge in [-0.15, -0.1) is 11.3 Å². The van der Waals surface area contributed by atoms with E-state index in [1.807, 2.05) is 65.7 Å². The predicted octanol–water partition coefficient (Wildman–Crippen LogP) is 4.37. The van der Waals surface area contributed by atoms with Crippen LogP contribution in [0.4, 0.5) is 5.69 Å². The number of nitrogens with zero attached hydrogens (tertiary/aromatic N) is 4. The summed E-state index contributed by atoms with van der Waals surface area (Å²) in [6.07, 6.45) is 5.17. The molecule has 0 spiro atoms. The molecular formula is C24H21N5O2S. The number of carbonyl (C=O) groups excluding carboxylic acids is 2. The number of carbonyl (C=O) groups is 2. The highest BCUT2D eigenvalue weighted by molar-refractivity contribution is 7.13. The molecule has 1 N–H and O–H groups in total. The molecule has 2 aromatic heterocycles. The van der Waals surface area contributed by atoms with Gasteiger partial charge in [-0.2, -0.15) is 5.10 Å². The lowest BCUT2D eigenvalue weighted by Crippen LogP contribution is -2.23. The minimum Gasteiger partial charge on any atom is -0.338 e. The molecule has 0 bridgehead atoms. The predicted molar refractivity (Wildman–Crippen MR) is 124 cm³/mol. The van der Waals surface area contributed by atoms with Crippen LogP contribution in [0.1, 0.15) is 28.9 Å². The number of nitrogens with one attached hydrogen (secondary N) is 1. The highest BCUT2D eigenvalue weighted by atomic mass is 32.1. The van der Waals surface area contributed by atoms with Gasteiger partial charge in [0, 0.05) is 42.3 Å². The zero-order valence-electron chi connectivity index (χ0n) is 17.3. The van der Waals surface area contributed by atoms with Crippen molar-refractivity contribution in [3.63, 3.8) is 0 Å². The molecule has 1 saturated heterocycles. The first kappa shape index (κ1) is 20.1. The molecule has 3 heterocycles. The van der Waals surface area contributed by atoms with E-state index in [0.717, 1.165) is 34.8 Å². The van der Waals surface area contributed by atoms with Gasteiger partial charge in [0.2, 0.25) is 5.91 Å². The van der Waals surface area contributed by atoms with Gasteiger partial charge in [0.15, 0.2) is 0 Å². The molecule has 32 heavy (non-hydrogen) atoms. The topological polar surface area (TPSA) is 80.1 Å². The Balaban J connectivity index is 1.27. The number of hydrogen-bond acceptors (Lipinski definition) is 5. The van der Waals surface area contributed by atoms with Crippen LogP contribution in [0, 0.1) is 0 Å². The van der Waals surface area contributed by atoms with Crippen molar-refractivity contribution in [3.8, 4) is 16.3 Å². The quantitative estimate of drug-likeness (QED) is 0.480. The van der Waals surface area contributed by atoms with Crippen LogP contribution in [-0.2, 0) is 11.3 Å². The molecule has 0 atom stereocenters. The third kappa shape index (κ3) is 4.31. The van der Waals surface area contributed by atoms with E-state index in [1.54, 1.807) is 16.3 Å². The number of hydrogen-bond donors (Lipinski definition) is 1. The third-order valence-electron chi connectivity index (χ3n) is 5.32. The van der Waals surface area contributed by atoms with Gasteiger partial charge in [-0.05, 0) is 36.2 Å². The molecule has 4 aromatic rings. The second-order valence-electron chi connectivity index (χ2n) is 7.62. The Bertz CT molecular complexity index is 1260. The van der Waals surface area contributed by atoms with E-state index >= 15 is 0 Å². The van der Waals surface area contributed by atoms with Gasteiger partial charge in [-0.25, -0.2) is 9.67 Å². The molecule has 8 heteroatoms. The number of benzene rings is 2. The average Bonchev–Trinajstić information content (AvgIpc) is 3.56. The van der Waals surface area contributed by atoms with Crippen molar-refractivity contribution in [1.82, 2.24) is 19.7 Å². The molecule has 2 amide bonds. The summed E-state index contributed by atoms with van der Waals surface area (Å²) < 4.78 is 1.78. The first-order chi connectivity index (χ1) is 15.7.